The molecule has 2 N–H and O–H groups in total. The second-order valence-electron chi connectivity index (χ2n) is 3.86. The number of hydrogen-bond donors (Lipinski definition) is 1. The number of aryl methyl sites for hydroxylation is 2. The Morgan fingerprint density at radius 2 is 1.94 bits per heavy atom. The number of nitrogens with zero attached hydrogens (tertiary/aromatic N) is 3. The standard InChI is InChI=1S/C10H12Cl2N4/c1-6-3-4-7(2)16(6)10(13)5-8(11)14-15-9(10)12/h3-5,9H,13H2,1-2H3. The van der Waals surface area contributed by atoms with Crippen LogP contribution in [0.3, 0.4) is 0 Å². The van der Waals surface area contributed by atoms with Gasteiger partial charge in [-0.15, -0.1) is 5.11 Å². The maximum atomic E-state index is 6.28. The Bertz CT molecular complexity index is 458. The van der Waals surface area contributed by atoms with Crippen LogP contribution < -0.4 is 5.73 Å². The van der Waals surface area contributed by atoms with Crippen molar-refractivity contribution in [1.29, 1.82) is 0 Å². The second kappa shape index (κ2) is 3.87. The van der Waals surface area contributed by atoms with Crippen molar-refractivity contribution < 1.29 is 0 Å². The molecule has 0 radical (unpaired) electrons. The van der Waals surface area contributed by atoms with E-state index in [0.29, 0.717) is 0 Å². The van der Waals surface area contributed by atoms with Crippen molar-refractivity contribution in [3.05, 3.63) is 34.8 Å². The first-order valence-corrected chi connectivity index (χ1v) is 5.64. The predicted octanol–water partition coefficient (Wildman–Crippen LogP) is 2.83. The summed E-state index contributed by atoms with van der Waals surface area (Å²) in [6.45, 7) is 3.91. The van der Waals surface area contributed by atoms with E-state index < -0.39 is 11.2 Å². The highest BCUT2D eigenvalue weighted by molar-refractivity contribution is 6.29. The molecular formula is C10H12Cl2N4. The highest BCUT2D eigenvalue weighted by atomic mass is 35.5. The van der Waals surface area contributed by atoms with E-state index in [1.807, 2.05) is 30.5 Å². The predicted molar refractivity (Wildman–Crippen MR) is 64.5 cm³/mol. The Balaban J connectivity index is 2.58. The number of halogens is 2. The highest BCUT2D eigenvalue weighted by Crippen LogP contribution is 2.32. The smallest absolute Gasteiger partial charge is 0.185 e. The SMILES string of the molecule is Cc1ccc(C)n1C1(N)C=C(Cl)N=NC1Cl. The maximum absolute atomic E-state index is 6.28. The zero-order valence-corrected chi connectivity index (χ0v) is 10.5. The van der Waals surface area contributed by atoms with Crippen molar-refractivity contribution >= 4 is 23.2 Å². The Labute approximate surface area is 104 Å². The minimum Gasteiger partial charge on any atom is -0.324 e. The molecule has 6 heteroatoms. The maximum Gasteiger partial charge on any atom is 0.185 e. The zero-order valence-electron chi connectivity index (χ0n) is 8.98. The van der Waals surface area contributed by atoms with Crippen LogP contribution in [0.1, 0.15) is 11.4 Å². The summed E-state index contributed by atoms with van der Waals surface area (Å²) in [5, 5.41) is 7.80. The van der Waals surface area contributed by atoms with Crippen molar-refractivity contribution in [2.75, 3.05) is 0 Å². The Morgan fingerprint density at radius 1 is 1.38 bits per heavy atom. The molecule has 1 aliphatic rings. The fourth-order valence-electron chi connectivity index (χ4n) is 1.94. The van der Waals surface area contributed by atoms with Crippen LogP contribution in [0.5, 0.6) is 0 Å². The first kappa shape index (κ1) is 11.6. The van der Waals surface area contributed by atoms with Crippen molar-refractivity contribution in [3.63, 3.8) is 0 Å². The van der Waals surface area contributed by atoms with Gasteiger partial charge in [-0.2, -0.15) is 5.11 Å². The second-order valence-corrected chi connectivity index (χ2v) is 4.66. The topological polar surface area (TPSA) is 55.7 Å². The summed E-state index contributed by atoms with van der Waals surface area (Å²) in [6.07, 6.45) is 1.62. The molecule has 0 amide bonds. The van der Waals surface area contributed by atoms with Crippen LogP contribution in [0.15, 0.2) is 33.6 Å². The van der Waals surface area contributed by atoms with Gasteiger partial charge in [-0.25, -0.2) is 0 Å². The third kappa shape index (κ3) is 1.67. The molecule has 0 fully saturated rings. The Hall–Kier alpha value is -0.840. The van der Waals surface area contributed by atoms with Crippen molar-refractivity contribution in [1.82, 2.24) is 4.57 Å². The molecule has 0 spiro atoms. The minimum absolute atomic E-state index is 0.256. The molecule has 0 saturated heterocycles. The molecule has 0 saturated carbocycles. The van der Waals surface area contributed by atoms with Gasteiger partial charge in [0.1, 0.15) is 0 Å². The molecule has 0 aliphatic carbocycles. The van der Waals surface area contributed by atoms with Gasteiger partial charge in [-0.05, 0) is 32.1 Å². The summed E-state index contributed by atoms with van der Waals surface area (Å²) in [5.41, 5.74) is 6.66. The molecule has 2 rings (SSSR count). The third-order valence-corrected chi connectivity index (χ3v) is 3.27. The monoisotopic (exact) mass is 258 g/mol. The average molecular weight is 259 g/mol. The van der Waals surface area contributed by atoms with E-state index >= 15 is 0 Å². The van der Waals surface area contributed by atoms with E-state index in [9.17, 15) is 0 Å². The van der Waals surface area contributed by atoms with Gasteiger partial charge in [0.15, 0.2) is 16.3 Å². The number of nitrogens with two attached hydrogens (primary N) is 1. The molecule has 1 aliphatic heterocycles. The average Bonchev–Trinajstić information content (AvgIpc) is 2.53. The van der Waals surface area contributed by atoms with Crippen LogP contribution in [0, 0.1) is 13.8 Å². The van der Waals surface area contributed by atoms with Gasteiger partial charge >= 0.3 is 0 Å². The Morgan fingerprint density at radius 3 is 2.50 bits per heavy atom. The fraction of sp³-hybridized carbons (Fsp3) is 0.400. The lowest BCUT2D eigenvalue weighted by molar-refractivity contribution is 0.343. The van der Waals surface area contributed by atoms with E-state index in [2.05, 4.69) is 10.2 Å². The zero-order chi connectivity index (χ0) is 11.9. The summed E-state index contributed by atoms with van der Waals surface area (Å²) in [4.78, 5) is 0. The number of alkyl halides is 1. The normalized spacial score (nSPS) is 29.3. The van der Waals surface area contributed by atoms with Crippen molar-refractivity contribution in [3.8, 4) is 0 Å². The van der Waals surface area contributed by atoms with Gasteiger partial charge in [0.25, 0.3) is 0 Å². The van der Waals surface area contributed by atoms with E-state index in [1.54, 1.807) is 6.08 Å². The van der Waals surface area contributed by atoms with Crippen LogP contribution >= 0.6 is 23.2 Å². The molecule has 2 atom stereocenters. The first-order chi connectivity index (χ1) is 7.45. The van der Waals surface area contributed by atoms with Gasteiger partial charge in [0, 0.05) is 11.4 Å². The lowest BCUT2D eigenvalue weighted by Crippen LogP contribution is -2.50. The fourth-order valence-corrected chi connectivity index (χ4v) is 2.36. The molecule has 2 unspecified atom stereocenters. The molecule has 4 nitrogen and oxygen atoms in total. The molecule has 1 aromatic heterocycles. The van der Waals surface area contributed by atoms with Gasteiger partial charge < -0.3 is 10.3 Å². The lowest BCUT2D eigenvalue weighted by Gasteiger charge is -2.34. The number of hydrogen-bond acceptors (Lipinski definition) is 3. The van der Waals surface area contributed by atoms with Gasteiger partial charge in [-0.3, -0.25) is 0 Å². The molecule has 0 aromatic carbocycles. The summed E-state index contributed by atoms with van der Waals surface area (Å²) in [5.74, 6) is 0. The van der Waals surface area contributed by atoms with Crippen LogP contribution in [-0.4, -0.2) is 10.1 Å². The minimum atomic E-state index is -0.960. The molecular weight excluding hydrogens is 247 g/mol. The third-order valence-electron chi connectivity index (χ3n) is 2.65. The van der Waals surface area contributed by atoms with Crippen LogP contribution in [0.4, 0.5) is 0 Å². The molecule has 16 heavy (non-hydrogen) atoms. The summed E-state index contributed by atoms with van der Waals surface area (Å²) >= 11 is 12.0. The van der Waals surface area contributed by atoms with E-state index in [-0.39, 0.29) is 5.16 Å². The van der Waals surface area contributed by atoms with Crippen LogP contribution in [0.2, 0.25) is 0 Å². The largest absolute Gasteiger partial charge is 0.324 e. The van der Waals surface area contributed by atoms with E-state index in [4.69, 9.17) is 28.9 Å². The van der Waals surface area contributed by atoms with Crippen LogP contribution in [0.25, 0.3) is 0 Å². The van der Waals surface area contributed by atoms with Crippen molar-refractivity contribution in [2.45, 2.75) is 25.0 Å². The summed E-state index contributed by atoms with van der Waals surface area (Å²) in [7, 11) is 0. The van der Waals surface area contributed by atoms with E-state index in [1.165, 1.54) is 0 Å². The molecule has 1 aromatic rings. The van der Waals surface area contributed by atoms with Crippen molar-refractivity contribution in [2.24, 2.45) is 16.0 Å². The summed E-state index contributed by atoms with van der Waals surface area (Å²) < 4.78 is 1.91. The quantitative estimate of drug-likeness (QED) is 0.611. The van der Waals surface area contributed by atoms with Gasteiger partial charge in [0.2, 0.25) is 0 Å². The number of azo groups is 1. The van der Waals surface area contributed by atoms with Gasteiger partial charge in [0.05, 0.1) is 0 Å². The lowest BCUT2D eigenvalue weighted by atomic mass is 10.1. The number of aromatic nitrogens is 1. The van der Waals surface area contributed by atoms with Gasteiger partial charge in [-0.1, -0.05) is 23.2 Å². The molecule has 2 heterocycles. The number of rotatable bonds is 1. The first-order valence-electron chi connectivity index (χ1n) is 4.83. The molecule has 86 valence electrons. The van der Waals surface area contributed by atoms with E-state index in [0.717, 1.165) is 11.4 Å². The Kier molecular flexibility index (Phi) is 2.82. The van der Waals surface area contributed by atoms with Crippen LogP contribution in [-0.2, 0) is 5.66 Å². The molecule has 0 bridgehead atoms. The highest BCUT2D eigenvalue weighted by Gasteiger charge is 2.38. The summed E-state index contributed by atoms with van der Waals surface area (Å²) in [6, 6.07) is 3.95.